The Morgan fingerprint density at radius 2 is 2.03 bits per heavy atom. The highest BCUT2D eigenvalue weighted by atomic mass is 19.1. The summed E-state index contributed by atoms with van der Waals surface area (Å²) in [4.78, 5) is 11.0. The van der Waals surface area contributed by atoms with E-state index in [1.165, 1.54) is 12.4 Å². The highest BCUT2D eigenvalue weighted by molar-refractivity contribution is 5.76. The summed E-state index contributed by atoms with van der Waals surface area (Å²) in [5, 5.41) is 6.55. The molecule has 5 rings (SSSR count). The van der Waals surface area contributed by atoms with E-state index >= 15 is 0 Å². The van der Waals surface area contributed by atoms with Crippen molar-refractivity contribution >= 4 is 17.2 Å². The summed E-state index contributed by atoms with van der Waals surface area (Å²) in [6, 6.07) is 8.62. The molecule has 36 heavy (non-hydrogen) atoms. The molecule has 0 radical (unpaired) electrons. The number of halogens is 1. The monoisotopic (exact) mass is 495 g/mol. The molecule has 0 atom stereocenters. The molecule has 10 heteroatoms. The number of anilines is 3. The van der Waals surface area contributed by atoms with Gasteiger partial charge in [-0.25, -0.2) is 9.37 Å². The van der Waals surface area contributed by atoms with E-state index in [1.54, 1.807) is 26.2 Å². The van der Waals surface area contributed by atoms with Crippen LogP contribution in [0.5, 0.6) is 23.1 Å². The molecule has 1 fully saturated rings. The third kappa shape index (κ3) is 5.29. The lowest BCUT2D eigenvalue weighted by Crippen LogP contribution is -2.37. The van der Waals surface area contributed by atoms with Crippen molar-refractivity contribution < 1.29 is 23.3 Å². The average Bonchev–Trinajstić information content (AvgIpc) is 3.08. The second-order valence-electron chi connectivity index (χ2n) is 8.66. The number of aromatic nitrogens is 2. The lowest BCUT2D eigenvalue weighted by Gasteiger charge is -2.26. The number of rotatable bonds is 8. The fraction of sp³-hybridized carbons (Fsp3) is 0.385. The molecule has 2 aromatic carbocycles. The summed E-state index contributed by atoms with van der Waals surface area (Å²) < 4.78 is 37.3. The van der Waals surface area contributed by atoms with E-state index in [2.05, 4.69) is 25.5 Å². The Morgan fingerprint density at radius 3 is 2.86 bits per heavy atom. The smallest absolute Gasteiger partial charge is 0.248 e. The molecule has 0 bridgehead atoms. The van der Waals surface area contributed by atoms with Crippen LogP contribution in [0.2, 0.25) is 0 Å². The van der Waals surface area contributed by atoms with Gasteiger partial charge in [0.15, 0.2) is 17.3 Å². The van der Waals surface area contributed by atoms with Crippen molar-refractivity contribution in [2.24, 2.45) is 0 Å². The SMILES string of the molecule is COc1cc2c(cc1OCCCN1CCOCC1)CNc1c(Nc3cccc(F)c3C)ncnc1O2. The predicted molar refractivity (Wildman–Crippen MR) is 134 cm³/mol. The first kappa shape index (κ1) is 24.1. The summed E-state index contributed by atoms with van der Waals surface area (Å²) in [7, 11) is 1.61. The van der Waals surface area contributed by atoms with Crippen LogP contribution in [0.15, 0.2) is 36.7 Å². The third-order valence-electron chi connectivity index (χ3n) is 6.32. The zero-order valence-corrected chi connectivity index (χ0v) is 20.5. The maximum atomic E-state index is 14.0. The second kappa shape index (κ2) is 11.0. The van der Waals surface area contributed by atoms with Gasteiger partial charge in [0.05, 0.1) is 26.9 Å². The summed E-state index contributed by atoms with van der Waals surface area (Å²) in [6.45, 7) is 7.22. The lowest BCUT2D eigenvalue weighted by atomic mass is 10.1. The molecule has 3 heterocycles. The molecule has 0 spiro atoms. The molecule has 190 valence electrons. The summed E-state index contributed by atoms with van der Waals surface area (Å²) in [5.74, 6) is 2.43. The van der Waals surface area contributed by atoms with Crippen LogP contribution in [0.1, 0.15) is 17.5 Å². The van der Waals surface area contributed by atoms with E-state index in [-0.39, 0.29) is 5.82 Å². The number of nitrogens with one attached hydrogen (secondary N) is 2. The molecular weight excluding hydrogens is 465 g/mol. The van der Waals surface area contributed by atoms with Gasteiger partial charge in [-0.1, -0.05) is 6.07 Å². The van der Waals surface area contributed by atoms with E-state index in [0.717, 1.165) is 44.8 Å². The number of benzene rings is 2. The number of morpholine rings is 1. The Balaban J connectivity index is 1.31. The van der Waals surface area contributed by atoms with Gasteiger partial charge in [-0.3, -0.25) is 4.90 Å². The highest BCUT2D eigenvalue weighted by Gasteiger charge is 2.22. The minimum atomic E-state index is -0.290. The van der Waals surface area contributed by atoms with Gasteiger partial charge in [0, 0.05) is 49.1 Å². The maximum absolute atomic E-state index is 14.0. The van der Waals surface area contributed by atoms with Crippen LogP contribution in [0.4, 0.5) is 21.6 Å². The van der Waals surface area contributed by atoms with E-state index in [1.807, 2.05) is 12.1 Å². The van der Waals surface area contributed by atoms with Crippen molar-refractivity contribution in [2.75, 3.05) is 57.2 Å². The van der Waals surface area contributed by atoms with Gasteiger partial charge in [-0.05, 0) is 31.5 Å². The normalized spacial score (nSPS) is 15.1. The lowest BCUT2D eigenvalue weighted by molar-refractivity contribution is 0.0357. The van der Waals surface area contributed by atoms with Crippen LogP contribution < -0.4 is 24.8 Å². The van der Waals surface area contributed by atoms with Crippen molar-refractivity contribution in [2.45, 2.75) is 19.9 Å². The highest BCUT2D eigenvalue weighted by Crippen LogP contribution is 2.42. The van der Waals surface area contributed by atoms with Gasteiger partial charge < -0.3 is 29.6 Å². The zero-order chi connectivity index (χ0) is 24.9. The molecule has 0 unspecified atom stereocenters. The number of nitrogens with zero attached hydrogens (tertiary/aromatic N) is 3. The first-order valence-corrected chi connectivity index (χ1v) is 12.0. The van der Waals surface area contributed by atoms with Crippen LogP contribution in [0, 0.1) is 12.7 Å². The van der Waals surface area contributed by atoms with Crippen LogP contribution in [-0.2, 0) is 11.3 Å². The van der Waals surface area contributed by atoms with Crippen molar-refractivity contribution in [3.63, 3.8) is 0 Å². The summed E-state index contributed by atoms with van der Waals surface area (Å²) in [6.07, 6.45) is 2.32. The van der Waals surface area contributed by atoms with Crippen LogP contribution in [0.25, 0.3) is 0 Å². The van der Waals surface area contributed by atoms with Crippen LogP contribution in [0.3, 0.4) is 0 Å². The first-order chi connectivity index (χ1) is 17.6. The molecule has 0 amide bonds. The number of methoxy groups -OCH3 is 1. The Hall–Kier alpha value is -3.63. The minimum Gasteiger partial charge on any atom is -0.493 e. The van der Waals surface area contributed by atoms with Crippen molar-refractivity contribution in [1.82, 2.24) is 14.9 Å². The largest absolute Gasteiger partial charge is 0.493 e. The quantitative estimate of drug-likeness (QED) is 0.439. The number of hydrogen-bond acceptors (Lipinski definition) is 9. The van der Waals surface area contributed by atoms with E-state index in [0.29, 0.717) is 59.0 Å². The van der Waals surface area contributed by atoms with Crippen LogP contribution in [-0.4, -0.2) is 61.4 Å². The van der Waals surface area contributed by atoms with E-state index < -0.39 is 0 Å². The second-order valence-corrected chi connectivity index (χ2v) is 8.66. The van der Waals surface area contributed by atoms with Gasteiger partial charge in [0.2, 0.25) is 5.88 Å². The van der Waals surface area contributed by atoms with Gasteiger partial charge in [0.1, 0.15) is 23.6 Å². The molecule has 3 aromatic rings. The molecular formula is C26H30FN5O4. The van der Waals surface area contributed by atoms with Gasteiger partial charge >= 0.3 is 0 Å². The van der Waals surface area contributed by atoms with E-state index in [9.17, 15) is 4.39 Å². The Bertz CT molecular complexity index is 1220. The maximum Gasteiger partial charge on any atom is 0.248 e. The number of hydrogen-bond donors (Lipinski definition) is 2. The first-order valence-electron chi connectivity index (χ1n) is 12.0. The standard InChI is InChI=1S/C26H30FN5O4/c1-17-19(27)5-3-6-20(17)31-25-24-26(30-16-29-25)36-21-14-22(33-2)23(13-18(21)15-28-24)35-10-4-7-32-8-11-34-12-9-32/h3,5-6,13-14,16,28H,4,7-12,15H2,1-2H3,(H,29,30,31). The predicted octanol–water partition coefficient (Wildman–Crippen LogP) is 4.50. The topological polar surface area (TPSA) is 90.0 Å². The average molecular weight is 496 g/mol. The fourth-order valence-corrected chi connectivity index (χ4v) is 4.24. The fourth-order valence-electron chi connectivity index (χ4n) is 4.24. The molecule has 0 aliphatic carbocycles. The van der Waals surface area contributed by atoms with Crippen LogP contribution >= 0.6 is 0 Å². The molecule has 2 N–H and O–H groups in total. The molecule has 9 nitrogen and oxygen atoms in total. The van der Waals surface area contributed by atoms with E-state index in [4.69, 9.17) is 18.9 Å². The number of ether oxygens (including phenoxy) is 4. The zero-order valence-electron chi connectivity index (χ0n) is 20.5. The Kier molecular flexibility index (Phi) is 7.33. The minimum absolute atomic E-state index is 0.290. The van der Waals surface area contributed by atoms with Crippen molar-refractivity contribution in [3.05, 3.63) is 53.6 Å². The molecule has 1 saturated heterocycles. The third-order valence-corrected chi connectivity index (χ3v) is 6.32. The van der Waals surface area contributed by atoms with Gasteiger partial charge in [0.25, 0.3) is 0 Å². The molecule has 2 aliphatic rings. The van der Waals surface area contributed by atoms with Crippen molar-refractivity contribution in [1.29, 1.82) is 0 Å². The molecule has 0 saturated carbocycles. The van der Waals surface area contributed by atoms with Gasteiger partial charge in [-0.2, -0.15) is 4.98 Å². The van der Waals surface area contributed by atoms with Gasteiger partial charge in [-0.15, -0.1) is 0 Å². The van der Waals surface area contributed by atoms with Crippen molar-refractivity contribution in [3.8, 4) is 23.1 Å². The summed E-state index contributed by atoms with van der Waals surface area (Å²) in [5.41, 5.74) is 2.60. The summed E-state index contributed by atoms with van der Waals surface area (Å²) >= 11 is 0. The Morgan fingerprint density at radius 1 is 1.17 bits per heavy atom. The number of fused-ring (bicyclic) bond motifs is 2. The molecule has 1 aromatic heterocycles. The Labute approximate surface area is 209 Å². The molecule has 2 aliphatic heterocycles.